The Morgan fingerprint density at radius 3 is 2.42 bits per heavy atom. The van der Waals surface area contributed by atoms with E-state index in [0.29, 0.717) is 23.6 Å². The van der Waals surface area contributed by atoms with Gasteiger partial charge in [-0.1, -0.05) is 41.6 Å². The number of carbonyl (C=O) groups excluding carboxylic acids is 1. The van der Waals surface area contributed by atoms with Gasteiger partial charge in [0, 0.05) is 13.0 Å². The molecule has 1 N–H and O–H groups in total. The molecule has 0 saturated heterocycles. The van der Waals surface area contributed by atoms with Gasteiger partial charge in [0.2, 0.25) is 0 Å². The molecule has 3 aromatic carbocycles. The molecule has 1 aliphatic rings. The van der Waals surface area contributed by atoms with E-state index in [9.17, 15) is 13.6 Å². The van der Waals surface area contributed by atoms with Crippen LogP contribution in [0.25, 0.3) is 0 Å². The van der Waals surface area contributed by atoms with E-state index in [1.165, 1.54) is 31.4 Å². The van der Waals surface area contributed by atoms with Crippen LogP contribution >= 0.6 is 0 Å². The highest BCUT2D eigenvalue weighted by atomic mass is 19.1. The number of urea groups is 1. The summed E-state index contributed by atoms with van der Waals surface area (Å²) >= 11 is 0. The normalized spacial score (nSPS) is 14.9. The lowest BCUT2D eigenvalue weighted by Gasteiger charge is -2.25. The Bertz CT molecular complexity index is 1130. The maximum absolute atomic E-state index is 13.3. The molecule has 2 amide bonds. The van der Waals surface area contributed by atoms with Gasteiger partial charge in [-0.2, -0.15) is 0 Å². The van der Waals surface area contributed by atoms with Crippen LogP contribution in [0.1, 0.15) is 17.5 Å². The molecule has 0 unspecified atom stereocenters. The fourth-order valence-corrected chi connectivity index (χ4v) is 3.56. The Morgan fingerprint density at radius 1 is 1.06 bits per heavy atom. The monoisotopic (exact) mass is 451 g/mol. The third kappa shape index (κ3) is 5.65. The molecule has 0 radical (unpaired) electrons. The average Bonchev–Trinajstić information content (AvgIpc) is 3.29. The molecule has 3 aromatic rings. The van der Waals surface area contributed by atoms with Gasteiger partial charge in [-0.05, 0) is 47.5 Å². The van der Waals surface area contributed by atoms with Crippen molar-refractivity contribution in [2.45, 2.75) is 19.1 Å². The number of halogens is 2. The zero-order valence-corrected chi connectivity index (χ0v) is 18.0. The van der Waals surface area contributed by atoms with Gasteiger partial charge in [-0.3, -0.25) is 0 Å². The van der Waals surface area contributed by atoms with Gasteiger partial charge in [0.05, 0.1) is 25.1 Å². The summed E-state index contributed by atoms with van der Waals surface area (Å²) < 4.78 is 31.9. The summed E-state index contributed by atoms with van der Waals surface area (Å²) in [6.45, 7) is 0.486. The topological polar surface area (TPSA) is 63.2 Å². The molecule has 0 fully saturated rings. The lowest BCUT2D eigenvalue weighted by Crippen LogP contribution is -2.40. The van der Waals surface area contributed by atoms with E-state index in [2.05, 4.69) is 10.5 Å². The number of nitrogens with zero attached hydrogens (tertiary/aromatic N) is 2. The predicted molar refractivity (Wildman–Crippen MR) is 121 cm³/mol. The van der Waals surface area contributed by atoms with E-state index in [-0.39, 0.29) is 36.9 Å². The van der Waals surface area contributed by atoms with Crippen molar-refractivity contribution in [3.05, 3.63) is 95.6 Å². The second-order valence-corrected chi connectivity index (χ2v) is 7.61. The smallest absolute Gasteiger partial charge is 0.322 e. The number of hydrogen-bond donors (Lipinski definition) is 1. The third-order valence-corrected chi connectivity index (χ3v) is 5.26. The SMILES string of the molecule is COc1ccccc1NC(=O)N(Cc1ccc(F)cc1)C[C@H]1CC(c2ccc(F)cc2)=NO1. The molecule has 170 valence electrons. The number of carbonyl (C=O) groups is 1. The fourth-order valence-electron chi connectivity index (χ4n) is 3.56. The summed E-state index contributed by atoms with van der Waals surface area (Å²) in [5, 5.41) is 7.00. The van der Waals surface area contributed by atoms with Crippen LogP contribution in [0.5, 0.6) is 5.75 Å². The Balaban J connectivity index is 1.48. The van der Waals surface area contributed by atoms with Crippen molar-refractivity contribution in [2.75, 3.05) is 19.0 Å². The molecule has 1 heterocycles. The van der Waals surface area contributed by atoms with Crippen LogP contribution in [0.4, 0.5) is 19.3 Å². The van der Waals surface area contributed by atoms with Gasteiger partial charge in [-0.15, -0.1) is 0 Å². The number of amides is 2. The molecular formula is C25H23F2N3O3. The highest BCUT2D eigenvalue weighted by molar-refractivity contribution is 6.01. The lowest BCUT2D eigenvalue weighted by atomic mass is 10.0. The minimum Gasteiger partial charge on any atom is -0.495 e. The summed E-state index contributed by atoms with van der Waals surface area (Å²) in [6, 6.07) is 18.7. The third-order valence-electron chi connectivity index (χ3n) is 5.26. The summed E-state index contributed by atoms with van der Waals surface area (Å²) in [5.41, 5.74) is 2.75. The first-order chi connectivity index (χ1) is 16.0. The van der Waals surface area contributed by atoms with Gasteiger partial charge < -0.3 is 19.8 Å². The molecular weight excluding hydrogens is 428 g/mol. The van der Waals surface area contributed by atoms with Crippen molar-refractivity contribution in [1.82, 2.24) is 4.90 Å². The molecule has 33 heavy (non-hydrogen) atoms. The summed E-state index contributed by atoms with van der Waals surface area (Å²) in [6.07, 6.45) is 0.0851. The van der Waals surface area contributed by atoms with Gasteiger partial charge in [0.1, 0.15) is 17.4 Å². The maximum atomic E-state index is 13.3. The molecule has 6 nitrogen and oxygen atoms in total. The molecule has 4 rings (SSSR count). The minimum atomic E-state index is -0.381. The van der Waals surface area contributed by atoms with Gasteiger partial charge in [0.25, 0.3) is 0 Å². The molecule has 0 bridgehead atoms. The maximum Gasteiger partial charge on any atom is 0.322 e. The largest absolute Gasteiger partial charge is 0.495 e. The highest BCUT2D eigenvalue weighted by Gasteiger charge is 2.27. The number of oxime groups is 1. The zero-order valence-electron chi connectivity index (χ0n) is 18.0. The zero-order chi connectivity index (χ0) is 23.2. The molecule has 0 spiro atoms. The van der Waals surface area contributed by atoms with Crippen LogP contribution in [0, 0.1) is 11.6 Å². The Kier molecular flexibility index (Phi) is 6.83. The van der Waals surface area contributed by atoms with Crippen molar-refractivity contribution in [3.63, 3.8) is 0 Å². The molecule has 1 atom stereocenters. The molecule has 0 aliphatic carbocycles. The van der Waals surface area contributed by atoms with Crippen LogP contribution in [-0.2, 0) is 11.4 Å². The molecule has 0 aromatic heterocycles. The number of methoxy groups -OCH3 is 1. The van der Waals surface area contributed by atoms with Crippen LogP contribution in [0.3, 0.4) is 0 Å². The van der Waals surface area contributed by atoms with Gasteiger partial charge in [-0.25, -0.2) is 13.6 Å². The van der Waals surface area contributed by atoms with E-state index < -0.39 is 0 Å². The van der Waals surface area contributed by atoms with Crippen molar-refractivity contribution in [2.24, 2.45) is 5.16 Å². The standard InChI is InChI=1S/C25H23F2N3O3/c1-32-24-5-3-2-4-22(24)28-25(31)30(15-17-6-10-19(26)11-7-17)16-21-14-23(29-33-21)18-8-12-20(27)13-9-18/h2-13,21H,14-16H2,1H3,(H,28,31)/t21-/m1/s1. The molecule has 0 saturated carbocycles. The van der Waals surface area contributed by atoms with E-state index in [1.807, 2.05) is 6.07 Å². The number of para-hydroxylation sites is 2. The van der Waals surface area contributed by atoms with Gasteiger partial charge >= 0.3 is 6.03 Å². The number of anilines is 1. The van der Waals surface area contributed by atoms with E-state index >= 15 is 0 Å². The van der Waals surface area contributed by atoms with E-state index in [4.69, 9.17) is 9.57 Å². The predicted octanol–water partition coefficient (Wildman–Crippen LogP) is 5.20. The summed E-state index contributed by atoms with van der Waals surface area (Å²) in [5.74, 6) is -0.139. The summed E-state index contributed by atoms with van der Waals surface area (Å²) in [7, 11) is 1.53. The van der Waals surface area contributed by atoms with E-state index in [1.54, 1.807) is 47.4 Å². The lowest BCUT2D eigenvalue weighted by molar-refractivity contribution is 0.0608. The number of nitrogens with one attached hydrogen (secondary N) is 1. The number of ether oxygens (including phenoxy) is 1. The van der Waals surface area contributed by atoms with Crippen molar-refractivity contribution in [1.29, 1.82) is 0 Å². The van der Waals surface area contributed by atoms with Crippen LogP contribution in [0.15, 0.2) is 78.0 Å². The van der Waals surface area contributed by atoms with Gasteiger partial charge in [0.15, 0.2) is 6.10 Å². The second kappa shape index (κ2) is 10.1. The quantitative estimate of drug-likeness (QED) is 0.537. The fraction of sp³-hybridized carbons (Fsp3) is 0.200. The van der Waals surface area contributed by atoms with Crippen molar-refractivity contribution >= 4 is 17.4 Å². The number of benzene rings is 3. The molecule has 1 aliphatic heterocycles. The Morgan fingerprint density at radius 2 is 1.73 bits per heavy atom. The second-order valence-electron chi connectivity index (χ2n) is 7.61. The number of hydrogen-bond acceptors (Lipinski definition) is 4. The molecule has 8 heteroatoms. The Labute approximate surface area is 190 Å². The number of rotatable bonds is 7. The van der Waals surface area contributed by atoms with Crippen LogP contribution in [-0.4, -0.2) is 36.4 Å². The first kappa shape index (κ1) is 22.3. The van der Waals surface area contributed by atoms with Crippen LogP contribution < -0.4 is 10.1 Å². The van der Waals surface area contributed by atoms with Crippen molar-refractivity contribution in [3.8, 4) is 5.75 Å². The summed E-state index contributed by atoms with van der Waals surface area (Å²) in [4.78, 5) is 20.3. The van der Waals surface area contributed by atoms with E-state index in [0.717, 1.165) is 11.1 Å². The first-order valence-electron chi connectivity index (χ1n) is 10.4. The Hall–Kier alpha value is -3.94. The average molecular weight is 451 g/mol. The first-order valence-corrected chi connectivity index (χ1v) is 10.4. The highest BCUT2D eigenvalue weighted by Crippen LogP contribution is 2.24. The minimum absolute atomic E-state index is 0.243. The van der Waals surface area contributed by atoms with Crippen molar-refractivity contribution < 1.29 is 23.1 Å². The van der Waals surface area contributed by atoms with Crippen LogP contribution in [0.2, 0.25) is 0 Å².